The molecule has 160 valence electrons. The summed E-state index contributed by atoms with van der Waals surface area (Å²) in [7, 11) is 3.17. The average Bonchev–Trinajstić information content (AvgIpc) is 2.84. The molecule has 2 aromatic carbocycles. The molecule has 4 rings (SSSR count). The summed E-state index contributed by atoms with van der Waals surface area (Å²) in [4.78, 5) is 23.8. The number of nitrogens with zero attached hydrogens (tertiary/aromatic N) is 3. The molecule has 1 aliphatic rings. The van der Waals surface area contributed by atoms with Gasteiger partial charge in [-0.1, -0.05) is 30.3 Å². The van der Waals surface area contributed by atoms with Gasteiger partial charge in [-0.25, -0.2) is 9.97 Å². The quantitative estimate of drug-likeness (QED) is 0.652. The molecule has 31 heavy (non-hydrogen) atoms. The maximum Gasteiger partial charge on any atom is 0.227 e. The van der Waals surface area contributed by atoms with E-state index < -0.39 is 0 Å². The van der Waals surface area contributed by atoms with E-state index in [0.29, 0.717) is 17.2 Å². The molecule has 1 aliphatic heterocycles. The smallest absolute Gasteiger partial charge is 0.227 e. The SMILES string of the molecule is COc1ccc(NC(=O)C2CCN(c3cc(-c4ccccc4)ncn3)CC2)cc1OC. The molecule has 0 spiro atoms. The van der Waals surface area contributed by atoms with E-state index in [-0.39, 0.29) is 11.8 Å². The number of aromatic nitrogens is 2. The minimum absolute atomic E-state index is 0.0273. The zero-order chi connectivity index (χ0) is 21.6. The largest absolute Gasteiger partial charge is 0.493 e. The van der Waals surface area contributed by atoms with Crippen molar-refractivity contribution in [2.45, 2.75) is 12.8 Å². The summed E-state index contributed by atoms with van der Waals surface area (Å²) in [5, 5.41) is 3.00. The fourth-order valence-electron chi connectivity index (χ4n) is 3.82. The van der Waals surface area contributed by atoms with Crippen molar-refractivity contribution < 1.29 is 14.3 Å². The molecule has 0 bridgehead atoms. The van der Waals surface area contributed by atoms with Gasteiger partial charge in [-0.05, 0) is 25.0 Å². The summed E-state index contributed by atoms with van der Waals surface area (Å²) >= 11 is 0. The Morgan fingerprint density at radius 3 is 2.42 bits per heavy atom. The van der Waals surface area contributed by atoms with Crippen LogP contribution in [0.15, 0.2) is 60.9 Å². The molecule has 0 aliphatic carbocycles. The van der Waals surface area contributed by atoms with Gasteiger partial charge in [0, 0.05) is 42.4 Å². The van der Waals surface area contributed by atoms with Crippen LogP contribution in [0.3, 0.4) is 0 Å². The summed E-state index contributed by atoms with van der Waals surface area (Å²) in [5.74, 6) is 2.11. The van der Waals surface area contributed by atoms with E-state index in [4.69, 9.17) is 9.47 Å². The number of hydrogen-bond donors (Lipinski definition) is 1. The number of amides is 1. The Hall–Kier alpha value is -3.61. The maximum atomic E-state index is 12.8. The highest BCUT2D eigenvalue weighted by atomic mass is 16.5. The van der Waals surface area contributed by atoms with Gasteiger partial charge in [-0.3, -0.25) is 4.79 Å². The minimum atomic E-state index is -0.0419. The number of nitrogens with one attached hydrogen (secondary N) is 1. The lowest BCUT2D eigenvalue weighted by Gasteiger charge is -2.32. The van der Waals surface area contributed by atoms with Gasteiger partial charge in [0.25, 0.3) is 0 Å². The molecule has 0 saturated carbocycles. The van der Waals surface area contributed by atoms with E-state index in [1.165, 1.54) is 0 Å². The zero-order valence-electron chi connectivity index (χ0n) is 17.7. The number of hydrogen-bond acceptors (Lipinski definition) is 6. The molecule has 7 nitrogen and oxygen atoms in total. The van der Waals surface area contributed by atoms with Crippen LogP contribution in [0.5, 0.6) is 11.5 Å². The van der Waals surface area contributed by atoms with E-state index in [1.807, 2.05) is 42.5 Å². The zero-order valence-corrected chi connectivity index (χ0v) is 17.7. The van der Waals surface area contributed by atoms with Crippen LogP contribution >= 0.6 is 0 Å². The van der Waals surface area contributed by atoms with Crippen LogP contribution in [0, 0.1) is 5.92 Å². The molecular formula is C24H26N4O3. The normalized spacial score (nSPS) is 14.2. The second kappa shape index (κ2) is 9.47. The predicted octanol–water partition coefficient (Wildman–Crippen LogP) is 4.02. The molecule has 1 saturated heterocycles. The number of anilines is 2. The molecule has 1 amide bonds. The Morgan fingerprint density at radius 1 is 0.968 bits per heavy atom. The third-order valence-electron chi connectivity index (χ3n) is 5.56. The van der Waals surface area contributed by atoms with Crippen molar-refractivity contribution in [1.29, 1.82) is 0 Å². The van der Waals surface area contributed by atoms with E-state index >= 15 is 0 Å². The summed E-state index contributed by atoms with van der Waals surface area (Å²) < 4.78 is 10.6. The Morgan fingerprint density at radius 2 is 1.71 bits per heavy atom. The van der Waals surface area contributed by atoms with Gasteiger partial charge < -0.3 is 19.7 Å². The van der Waals surface area contributed by atoms with Gasteiger partial charge >= 0.3 is 0 Å². The molecule has 1 fully saturated rings. The molecule has 1 aromatic heterocycles. The van der Waals surface area contributed by atoms with Crippen molar-refractivity contribution in [3.63, 3.8) is 0 Å². The number of benzene rings is 2. The van der Waals surface area contributed by atoms with Crippen LogP contribution in [0.2, 0.25) is 0 Å². The number of piperidine rings is 1. The standard InChI is InChI=1S/C24H26N4O3/c1-30-21-9-8-19(14-22(21)31-2)27-24(29)18-10-12-28(13-11-18)23-15-20(25-16-26-23)17-6-4-3-5-7-17/h3-9,14-16,18H,10-13H2,1-2H3,(H,27,29). The Labute approximate surface area is 182 Å². The van der Waals surface area contributed by atoms with Gasteiger partial charge in [0.15, 0.2) is 11.5 Å². The van der Waals surface area contributed by atoms with E-state index in [1.54, 1.807) is 32.7 Å². The molecular weight excluding hydrogens is 392 g/mol. The second-order valence-corrected chi connectivity index (χ2v) is 7.45. The van der Waals surface area contributed by atoms with Gasteiger partial charge in [0.1, 0.15) is 12.1 Å². The Balaban J connectivity index is 1.37. The summed E-state index contributed by atoms with van der Waals surface area (Å²) in [6.45, 7) is 1.55. The number of carbonyl (C=O) groups excluding carboxylic acids is 1. The van der Waals surface area contributed by atoms with Crippen LogP contribution in [0.25, 0.3) is 11.3 Å². The van der Waals surface area contributed by atoms with Crippen molar-refractivity contribution in [2.24, 2.45) is 5.92 Å². The molecule has 1 N–H and O–H groups in total. The summed E-state index contributed by atoms with van der Waals surface area (Å²) in [6.07, 6.45) is 3.14. The van der Waals surface area contributed by atoms with Crippen LogP contribution in [-0.4, -0.2) is 43.2 Å². The third kappa shape index (κ3) is 4.77. The lowest BCUT2D eigenvalue weighted by atomic mass is 9.95. The van der Waals surface area contributed by atoms with E-state index in [0.717, 1.165) is 43.0 Å². The number of carbonyl (C=O) groups is 1. The highest BCUT2D eigenvalue weighted by molar-refractivity contribution is 5.93. The topological polar surface area (TPSA) is 76.6 Å². The van der Waals surface area contributed by atoms with Gasteiger partial charge in [0.05, 0.1) is 19.9 Å². The van der Waals surface area contributed by atoms with Gasteiger partial charge in [-0.15, -0.1) is 0 Å². The van der Waals surface area contributed by atoms with Crippen molar-refractivity contribution in [3.8, 4) is 22.8 Å². The Kier molecular flexibility index (Phi) is 6.31. The summed E-state index contributed by atoms with van der Waals surface area (Å²) in [6, 6.07) is 17.5. The van der Waals surface area contributed by atoms with E-state index in [2.05, 4.69) is 20.2 Å². The van der Waals surface area contributed by atoms with Crippen LogP contribution < -0.4 is 19.7 Å². The molecule has 3 aromatic rings. The fraction of sp³-hybridized carbons (Fsp3) is 0.292. The second-order valence-electron chi connectivity index (χ2n) is 7.45. The first-order valence-electron chi connectivity index (χ1n) is 10.3. The average molecular weight is 418 g/mol. The molecule has 0 unspecified atom stereocenters. The third-order valence-corrected chi connectivity index (χ3v) is 5.56. The van der Waals surface area contributed by atoms with Crippen molar-refractivity contribution >= 4 is 17.4 Å². The van der Waals surface area contributed by atoms with Crippen molar-refractivity contribution in [2.75, 3.05) is 37.5 Å². The van der Waals surface area contributed by atoms with Gasteiger partial charge in [-0.2, -0.15) is 0 Å². The van der Waals surface area contributed by atoms with Crippen LogP contribution in [0.4, 0.5) is 11.5 Å². The van der Waals surface area contributed by atoms with E-state index in [9.17, 15) is 4.79 Å². The molecule has 7 heteroatoms. The van der Waals surface area contributed by atoms with Crippen molar-refractivity contribution in [1.82, 2.24) is 9.97 Å². The monoisotopic (exact) mass is 418 g/mol. The summed E-state index contributed by atoms with van der Waals surface area (Å²) in [5.41, 5.74) is 2.67. The van der Waals surface area contributed by atoms with Crippen LogP contribution in [-0.2, 0) is 4.79 Å². The highest BCUT2D eigenvalue weighted by Gasteiger charge is 2.26. The lowest BCUT2D eigenvalue weighted by molar-refractivity contribution is -0.120. The highest BCUT2D eigenvalue weighted by Crippen LogP contribution is 2.31. The fourth-order valence-corrected chi connectivity index (χ4v) is 3.82. The number of rotatable bonds is 6. The Bertz CT molecular complexity index is 1030. The first-order valence-corrected chi connectivity index (χ1v) is 10.3. The van der Waals surface area contributed by atoms with Crippen LogP contribution in [0.1, 0.15) is 12.8 Å². The minimum Gasteiger partial charge on any atom is -0.493 e. The first kappa shape index (κ1) is 20.7. The van der Waals surface area contributed by atoms with Gasteiger partial charge in [0.2, 0.25) is 5.91 Å². The molecule has 0 radical (unpaired) electrons. The number of ether oxygens (including phenoxy) is 2. The predicted molar refractivity (Wildman–Crippen MR) is 121 cm³/mol. The van der Waals surface area contributed by atoms with Crippen molar-refractivity contribution in [3.05, 3.63) is 60.9 Å². The molecule has 0 atom stereocenters. The number of methoxy groups -OCH3 is 2. The molecule has 2 heterocycles. The maximum absolute atomic E-state index is 12.8. The lowest BCUT2D eigenvalue weighted by Crippen LogP contribution is -2.38. The first-order chi connectivity index (χ1) is 15.2.